The molecule has 0 bridgehead atoms. The van der Waals surface area contributed by atoms with Crippen LogP contribution in [0.5, 0.6) is 28.7 Å². The first-order valence-electron chi connectivity index (χ1n) is 12.6. The molecule has 3 aliphatic heterocycles. The summed E-state index contributed by atoms with van der Waals surface area (Å²) in [4.78, 5) is 13.1. The Morgan fingerprint density at radius 3 is 2.26 bits per heavy atom. The molecule has 39 heavy (non-hydrogen) atoms. The molecule has 3 N–H and O–H groups in total. The number of methoxy groups -OCH3 is 2. The predicted octanol–water partition coefficient (Wildman–Crippen LogP) is 2.77. The van der Waals surface area contributed by atoms with Crippen molar-refractivity contribution < 1.29 is 53.3 Å². The molecule has 1 fully saturated rings. The highest BCUT2D eigenvalue weighted by atomic mass is 16.7. The van der Waals surface area contributed by atoms with Crippen LogP contribution in [0.15, 0.2) is 30.3 Å². The third-order valence-corrected chi connectivity index (χ3v) is 6.76. The van der Waals surface area contributed by atoms with Crippen LogP contribution in [0.2, 0.25) is 0 Å². The summed E-state index contributed by atoms with van der Waals surface area (Å²) in [5, 5.41) is 31.6. The molecule has 11 heteroatoms. The number of aliphatic hydroxyl groups is 3. The summed E-state index contributed by atoms with van der Waals surface area (Å²) in [7, 11) is 3.00. The van der Waals surface area contributed by atoms with Crippen LogP contribution in [-0.4, -0.2) is 73.5 Å². The van der Waals surface area contributed by atoms with Crippen molar-refractivity contribution in [1.29, 1.82) is 0 Å². The van der Waals surface area contributed by atoms with Gasteiger partial charge in [0, 0.05) is 16.5 Å². The number of esters is 1. The van der Waals surface area contributed by atoms with Crippen LogP contribution in [0.1, 0.15) is 29.8 Å². The number of fused-ring (bicyclic) bond motifs is 3. The van der Waals surface area contributed by atoms with Crippen molar-refractivity contribution in [3.63, 3.8) is 0 Å². The smallest absolute Gasteiger partial charge is 0.339 e. The quantitative estimate of drug-likeness (QED) is 0.410. The molecule has 0 aromatic heterocycles. The zero-order valence-corrected chi connectivity index (χ0v) is 21.9. The van der Waals surface area contributed by atoms with Crippen molar-refractivity contribution >= 4 is 16.7 Å². The van der Waals surface area contributed by atoms with E-state index in [0.29, 0.717) is 50.5 Å². The molecule has 3 aromatic rings. The Bertz CT molecular complexity index is 1400. The molecule has 0 aliphatic carbocycles. The number of aliphatic hydroxyl groups excluding tert-OH is 3. The van der Waals surface area contributed by atoms with E-state index in [2.05, 4.69) is 0 Å². The maximum Gasteiger partial charge on any atom is 0.339 e. The van der Waals surface area contributed by atoms with Gasteiger partial charge in [0.25, 0.3) is 0 Å². The molecule has 3 aliphatic rings. The average Bonchev–Trinajstić information content (AvgIpc) is 3.59. The summed E-state index contributed by atoms with van der Waals surface area (Å²) in [6, 6.07) is 8.79. The highest BCUT2D eigenvalue weighted by Gasteiger charge is 2.41. The Balaban J connectivity index is 0.00000151. The van der Waals surface area contributed by atoms with Crippen LogP contribution in [0, 0.1) is 0 Å². The zero-order valence-electron chi connectivity index (χ0n) is 21.9. The van der Waals surface area contributed by atoms with E-state index in [1.54, 1.807) is 24.3 Å². The van der Waals surface area contributed by atoms with Crippen LogP contribution in [0.4, 0.5) is 0 Å². The third kappa shape index (κ3) is 4.47. The van der Waals surface area contributed by atoms with E-state index >= 15 is 0 Å². The second-order valence-electron chi connectivity index (χ2n) is 8.82. The van der Waals surface area contributed by atoms with E-state index in [4.69, 9.17) is 33.2 Å². The fourth-order valence-corrected chi connectivity index (χ4v) is 4.89. The van der Waals surface area contributed by atoms with Crippen molar-refractivity contribution in [2.45, 2.75) is 45.1 Å². The summed E-state index contributed by atoms with van der Waals surface area (Å²) >= 11 is 0. The lowest BCUT2D eigenvalue weighted by Crippen LogP contribution is -2.54. The van der Waals surface area contributed by atoms with E-state index in [9.17, 15) is 20.1 Å². The number of carbonyl (C=O) groups excluding carboxylic acids is 1. The number of hydrogen-bond donors (Lipinski definition) is 3. The van der Waals surface area contributed by atoms with E-state index in [0.717, 1.165) is 0 Å². The first-order chi connectivity index (χ1) is 18.9. The van der Waals surface area contributed by atoms with Crippen LogP contribution in [0.3, 0.4) is 0 Å². The van der Waals surface area contributed by atoms with E-state index in [-0.39, 0.29) is 31.3 Å². The number of benzene rings is 3. The number of rotatable bonds is 5. The molecule has 0 spiro atoms. The first kappa shape index (κ1) is 26.8. The Hall–Kier alpha value is -3.77. The van der Waals surface area contributed by atoms with Crippen molar-refractivity contribution in [3.8, 4) is 39.9 Å². The van der Waals surface area contributed by atoms with Gasteiger partial charge < -0.3 is 48.5 Å². The van der Waals surface area contributed by atoms with Gasteiger partial charge in [0.15, 0.2) is 23.0 Å². The number of carbonyl (C=O) groups is 1. The number of hydrogen-bond acceptors (Lipinski definition) is 11. The van der Waals surface area contributed by atoms with Crippen LogP contribution in [0.25, 0.3) is 21.9 Å². The van der Waals surface area contributed by atoms with E-state index < -0.39 is 30.6 Å². The van der Waals surface area contributed by atoms with Crippen molar-refractivity contribution in [1.82, 2.24) is 0 Å². The molecule has 4 unspecified atom stereocenters. The molecular weight excluding hydrogens is 512 g/mol. The van der Waals surface area contributed by atoms with E-state index in [1.165, 1.54) is 14.2 Å². The van der Waals surface area contributed by atoms with E-state index in [1.807, 2.05) is 19.9 Å². The molecule has 6 rings (SSSR count). The van der Waals surface area contributed by atoms with Crippen molar-refractivity contribution in [2.24, 2.45) is 0 Å². The molecule has 3 aromatic carbocycles. The van der Waals surface area contributed by atoms with Crippen LogP contribution < -0.4 is 23.7 Å². The fraction of sp³-hybridized carbons (Fsp3) is 0.393. The molecule has 0 saturated carbocycles. The molecule has 3 heterocycles. The largest absolute Gasteiger partial charge is 0.493 e. The van der Waals surface area contributed by atoms with Gasteiger partial charge in [-0.1, -0.05) is 19.9 Å². The molecule has 1 saturated heterocycles. The van der Waals surface area contributed by atoms with Gasteiger partial charge in [0.1, 0.15) is 30.7 Å². The molecule has 208 valence electrons. The Morgan fingerprint density at radius 2 is 1.54 bits per heavy atom. The van der Waals surface area contributed by atoms with Gasteiger partial charge in [-0.15, -0.1) is 0 Å². The number of cyclic esters (lactones) is 1. The minimum atomic E-state index is -1.54. The average molecular weight is 543 g/mol. The van der Waals surface area contributed by atoms with Gasteiger partial charge in [-0.3, -0.25) is 0 Å². The predicted molar refractivity (Wildman–Crippen MR) is 137 cm³/mol. The van der Waals surface area contributed by atoms with Gasteiger partial charge in [-0.25, -0.2) is 4.79 Å². The summed E-state index contributed by atoms with van der Waals surface area (Å²) in [5.74, 6) is 1.62. The lowest BCUT2D eigenvalue weighted by molar-refractivity contribution is -0.241. The van der Waals surface area contributed by atoms with Gasteiger partial charge in [0.2, 0.25) is 13.1 Å². The minimum Gasteiger partial charge on any atom is -0.493 e. The highest BCUT2D eigenvalue weighted by molar-refractivity contribution is 6.14. The van der Waals surface area contributed by atoms with Crippen molar-refractivity contribution in [2.75, 3.05) is 27.6 Å². The van der Waals surface area contributed by atoms with Gasteiger partial charge >= 0.3 is 5.97 Å². The lowest BCUT2D eigenvalue weighted by Gasteiger charge is -2.35. The molecule has 0 amide bonds. The van der Waals surface area contributed by atoms with Gasteiger partial charge in [-0.2, -0.15) is 0 Å². The maximum atomic E-state index is 13.1. The first-order valence-corrected chi connectivity index (χ1v) is 12.6. The SMILES string of the molecule is CC.COc1cc2c(OC3OCC(O)C(O)C3O)c3c(c(-c4ccc5c(c4)OCO5)c2cc1OC)C(=O)OC3. The van der Waals surface area contributed by atoms with Gasteiger partial charge in [0.05, 0.1) is 26.4 Å². The Kier molecular flexibility index (Phi) is 7.41. The minimum absolute atomic E-state index is 0.0840. The summed E-state index contributed by atoms with van der Waals surface area (Å²) in [6.07, 6.45) is -5.59. The number of ether oxygens (including phenoxy) is 7. The normalized spacial score (nSPS) is 23.0. The van der Waals surface area contributed by atoms with Crippen LogP contribution >= 0.6 is 0 Å². The lowest BCUT2D eigenvalue weighted by atomic mass is 9.89. The maximum absolute atomic E-state index is 13.1. The summed E-state index contributed by atoms with van der Waals surface area (Å²) in [5.41, 5.74) is 1.96. The fourth-order valence-electron chi connectivity index (χ4n) is 4.89. The molecule has 4 atom stereocenters. The Labute approximate surface area is 224 Å². The summed E-state index contributed by atoms with van der Waals surface area (Å²) in [6.45, 7) is 3.77. The zero-order chi connectivity index (χ0) is 27.8. The third-order valence-electron chi connectivity index (χ3n) is 6.76. The van der Waals surface area contributed by atoms with Crippen molar-refractivity contribution in [3.05, 3.63) is 41.5 Å². The molecule has 11 nitrogen and oxygen atoms in total. The highest BCUT2D eigenvalue weighted by Crippen LogP contribution is 2.49. The second-order valence-corrected chi connectivity index (χ2v) is 8.82. The Morgan fingerprint density at radius 1 is 0.846 bits per heavy atom. The topological polar surface area (TPSA) is 142 Å². The summed E-state index contributed by atoms with van der Waals surface area (Å²) < 4.78 is 39.1. The van der Waals surface area contributed by atoms with Gasteiger partial charge in [-0.05, 0) is 35.2 Å². The van der Waals surface area contributed by atoms with Crippen LogP contribution in [-0.2, 0) is 16.1 Å². The second kappa shape index (κ2) is 10.8. The standard InChI is InChI=1S/C26H24O11.C2H6/c1-31-17-6-12-13(7-18(17)32-2)24(37-26-23(29)22(28)15(27)9-34-26)14-8-33-25(30)21(14)20(12)11-3-4-16-19(5-11)36-10-35-16;1-2/h3-7,15,22-23,26-29H,8-10H2,1-2H3;1-2H3. The monoisotopic (exact) mass is 542 g/mol. The molecular formula is C28H30O11. The molecule has 0 radical (unpaired) electrons.